The third kappa shape index (κ3) is 6.09. The predicted octanol–water partition coefficient (Wildman–Crippen LogP) is 5.17. The Morgan fingerprint density at radius 1 is 1.16 bits per heavy atom. The molecule has 38 heavy (non-hydrogen) atoms. The Morgan fingerprint density at radius 2 is 1.92 bits per heavy atom. The quantitative estimate of drug-likeness (QED) is 0.401. The molecule has 3 heterocycles. The number of piperidine rings is 1. The molecule has 0 radical (unpaired) electrons. The second kappa shape index (κ2) is 11.4. The van der Waals surface area contributed by atoms with Gasteiger partial charge in [0, 0.05) is 29.8 Å². The molecule has 9 heteroatoms. The third-order valence-corrected chi connectivity index (χ3v) is 10.5. The summed E-state index contributed by atoms with van der Waals surface area (Å²) in [4.78, 5) is 9.78. The van der Waals surface area contributed by atoms with Gasteiger partial charge in [-0.15, -0.1) is 0 Å². The van der Waals surface area contributed by atoms with E-state index >= 15 is 0 Å². The highest BCUT2D eigenvalue weighted by atomic mass is 35.5. The minimum absolute atomic E-state index is 0.0213. The monoisotopic (exact) mass is 555 g/mol. The lowest BCUT2D eigenvalue weighted by atomic mass is 9.79. The number of nitrogens with zero attached hydrogens (tertiary/aromatic N) is 3. The zero-order valence-electron chi connectivity index (χ0n) is 22.2. The van der Waals surface area contributed by atoms with E-state index in [1.807, 2.05) is 42.6 Å². The summed E-state index contributed by atoms with van der Waals surface area (Å²) in [6.45, 7) is 7.13. The molecule has 2 aliphatic rings. The Morgan fingerprint density at radius 3 is 2.63 bits per heavy atom. The lowest BCUT2D eigenvalue weighted by Gasteiger charge is -2.37. The Kier molecular flexibility index (Phi) is 8.14. The Labute approximate surface area is 231 Å². The highest BCUT2D eigenvalue weighted by Gasteiger charge is 2.38. The van der Waals surface area contributed by atoms with E-state index in [2.05, 4.69) is 46.2 Å². The van der Waals surface area contributed by atoms with Crippen molar-refractivity contribution in [1.29, 1.82) is 0 Å². The van der Waals surface area contributed by atoms with Gasteiger partial charge in [-0.3, -0.25) is 0 Å². The molecule has 2 atom stereocenters. The van der Waals surface area contributed by atoms with Gasteiger partial charge in [-0.05, 0) is 80.4 Å². The standard InChI is InChI=1S/C29H38ClN5O2S/c1-22(27-18-32-21-33-27)34-20-26(16-23-6-4-3-5-7-23)35(19-24-17-25(30)8-9-28(24)34)38(36,37)15-12-29(2)10-13-31-14-11-29/h3-9,17-18,21-22,26,31H,10-16,19-20H2,1-2H3,(H,32,33). The van der Waals surface area contributed by atoms with Gasteiger partial charge in [0.2, 0.25) is 10.0 Å². The molecule has 0 saturated carbocycles. The van der Waals surface area contributed by atoms with Crippen LogP contribution in [0.5, 0.6) is 0 Å². The molecule has 2 unspecified atom stereocenters. The van der Waals surface area contributed by atoms with Crippen LogP contribution in [0.15, 0.2) is 61.1 Å². The summed E-state index contributed by atoms with van der Waals surface area (Å²) in [6, 6.07) is 15.8. The highest BCUT2D eigenvalue weighted by molar-refractivity contribution is 7.89. The lowest BCUT2D eigenvalue weighted by Crippen LogP contribution is -2.47. The van der Waals surface area contributed by atoms with Crippen molar-refractivity contribution in [3.05, 3.63) is 82.9 Å². The van der Waals surface area contributed by atoms with E-state index < -0.39 is 10.0 Å². The van der Waals surface area contributed by atoms with Crippen molar-refractivity contribution in [3.63, 3.8) is 0 Å². The number of aromatic amines is 1. The maximum atomic E-state index is 14.2. The number of aromatic nitrogens is 2. The maximum absolute atomic E-state index is 14.2. The molecule has 1 saturated heterocycles. The molecule has 0 spiro atoms. The number of halogens is 1. The Hall–Kier alpha value is -2.39. The van der Waals surface area contributed by atoms with Crippen LogP contribution in [0.4, 0.5) is 5.69 Å². The van der Waals surface area contributed by atoms with Gasteiger partial charge in [0.15, 0.2) is 0 Å². The minimum atomic E-state index is -3.55. The Balaban J connectivity index is 1.52. The fourth-order valence-electron chi connectivity index (χ4n) is 5.86. The van der Waals surface area contributed by atoms with E-state index in [-0.39, 0.29) is 23.3 Å². The lowest BCUT2D eigenvalue weighted by molar-refractivity contribution is 0.219. The van der Waals surface area contributed by atoms with Gasteiger partial charge in [0.05, 0.1) is 30.0 Å². The average Bonchev–Trinajstić information content (AvgIpc) is 3.40. The van der Waals surface area contributed by atoms with Crippen LogP contribution >= 0.6 is 11.6 Å². The smallest absolute Gasteiger partial charge is 0.214 e. The van der Waals surface area contributed by atoms with Crippen molar-refractivity contribution >= 4 is 27.3 Å². The topological polar surface area (TPSA) is 81.3 Å². The van der Waals surface area contributed by atoms with Gasteiger partial charge in [0.1, 0.15) is 0 Å². The van der Waals surface area contributed by atoms with Crippen molar-refractivity contribution in [2.24, 2.45) is 5.41 Å². The largest absolute Gasteiger partial charge is 0.361 e. The third-order valence-electron chi connectivity index (χ3n) is 8.37. The first-order chi connectivity index (χ1) is 18.2. The van der Waals surface area contributed by atoms with E-state index in [9.17, 15) is 8.42 Å². The summed E-state index contributed by atoms with van der Waals surface area (Å²) < 4.78 is 30.1. The first kappa shape index (κ1) is 27.2. The summed E-state index contributed by atoms with van der Waals surface area (Å²) in [7, 11) is -3.55. The van der Waals surface area contributed by atoms with E-state index in [4.69, 9.17) is 11.6 Å². The first-order valence-corrected chi connectivity index (χ1v) is 15.5. The van der Waals surface area contributed by atoms with Crippen LogP contribution in [0.1, 0.15) is 56.0 Å². The van der Waals surface area contributed by atoms with Crippen LogP contribution in [0.3, 0.4) is 0 Å². The van der Waals surface area contributed by atoms with Crippen LogP contribution in [-0.4, -0.2) is 54.1 Å². The highest BCUT2D eigenvalue weighted by Crippen LogP contribution is 2.38. The number of nitrogens with one attached hydrogen (secondary N) is 2. The second-order valence-corrected chi connectivity index (χ2v) is 13.6. The second-order valence-electron chi connectivity index (χ2n) is 11.1. The molecule has 5 rings (SSSR count). The fraction of sp³-hybridized carbons (Fsp3) is 0.483. The molecule has 7 nitrogen and oxygen atoms in total. The van der Waals surface area contributed by atoms with Crippen molar-refractivity contribution < 1.29 is 8.42 Å². The average molecular weight is 556 g/mol. The molecule has 0 amide bonds. The van der Waals surface area contributed by atoms with Crippen LogP contribution in [-0.2, 0) is 23.0 Å². The summed E-state index contributed by atoms with van der Waals surface area (Å²) in [5, 5.41) is 4.01. The minimum Gasteiger partial charge on any atom is -0.361 e. The van der Waals surface area contributed by atoms with Crippen molar-refractivity contribution in [2.75, 3.05) is 30.3 Å². The van der Waals surface area contributed by atoms with Gasteiger partial charge < -0.3 is 15.2 Å². The number of fused-ring (bicyclic) bond motifs is 1. The summed E-state index contributed by atoms with van der Waals surface area (Å²) in [5.74, 6) is 0.154. The molecule has 2 aromatic carbocycles. The normalized spacial score (nSPS) is 21.0. The molecule has 2 N–H and O–H groups in total. The fourth-order valence-corrected chi connectivity index (χ4v) is 7.97. The Bertz CT molecular complexity index is 1310. The van der Waals surface area contributed by atoms with Crippen molar-refractivity contribution in [3.8, 4) is 0 Å². The van der Waals surface area contributed by atoms with E-state index in [1.54, 1.807) is 10.6 Å². The van der Waals surface area contributed by atoms with Gasteiger partial charge in [-0.2, -0.15) is 4.31 Å². The van der Waals surface area contributed by atoms with Crippen LogP contribution < -0.4 is 10.2 Å². The number of H-pyrrole nitrogens is 1. The molecule has 0 bridgehead atoms. The van der Waals surface area contributed by atoms with Gasteiger partial charge in [0.25, 0.3) is 0 Å². The SMILES string of the molecule is CC(c1cnc[nH]1)N1CC(Cc2ccccc2)N(S(=O)(=O)CCC2(C)CCNCC2)Cc2cc(Cl)ccc21. The number of hydrogen-bond acceptors (Lipinski definition) is 5. The predicted molar refractivity (Wildman–Crippen MR) is 154 cm³/mol. The summed E-state index contributed by atoms with van der Waals surface area (Å²) >= 11 is 6.46. The van der Waals surface area contributed by atoms with Crippen LogP contribution in [0, 0.1) is 5.41 Å². The van der Waals surface area contributed by atoms with Gasteiger partial charge in [-0.25, -0.2) is 13.4 Å². The number of rotatable bonds is 8. The molecule has 3 aromatic rings. The first-order valence-electron chi connectivity index (χ1n) is 13.5. The van der Waals surface area contributed by atoms with Crippen molar-refractivity contribution in [2.45, 2.75) is 58.2 Å². The molecular formula is C29H38ClN5O2S. The maximum Gasteiger partial charge on any atom is 0.214 e. The molecule has 2 aliphatic heterocycles. The van der Waals surface area contributed by atoms with Crippen LogP contribution in [0.25, 0.3) is 0 Å². The summed E-state index contributed by atoms with van der Waals surface area (Å²) in [6.07, 6.45) is 6.84. The number of anilines is 1. The number of imidazole rings is 1. The van der Waals surface area contributed by atoms with Crippen molar-refractivity contribution in [1.82, 2.24) is 19.6 Å². The van der Waals surface area contributed by atoms with E-state index in [0.717, 1.165) is 48.4 Å². The van der Waals surface area contributed by atoms with Gasteiger partial charge >= 0.3 is 0 Å². The zero-order chi connectivity index (χ0) is 26.8. The zero-order valence-corrected chi connectivity index (χ0v) is 23.8. The summed E-state index contributed by atoms with van der Waals surface area (Å²) in [5.41, 5.74) is 4.09. The van der Waals surface area contributed by atoms with E-state index in [1.165, 1.54) is 0 Å². The van der Waals surface area contributed by atoms with E-state index in [0.29, 0.717) is 31.0 Å². The number of hydrogen-bond donors (Lipinski definition) is 2. The molecule has 1 fully saturated rings. The van der Waals surface area contributed by atoms with Crippen LogP contribution in [0.2, 0.25) is 5.02 Å². The van der Waals surface area contributed by atoms with Gasteiger partial charge in [-0.1, -0.05) is 48.9 Å². The number of benzene rings is 2. The number of sulfonamides is 1. The molecular weight excluding hydrogens is 518 g/mol. The molecule has 1 aromatic heterocycles. The molecule has 204 valence electrons. The molecule has 0 aliphatic carbocycles.